The third-order valence-corrected chi connectivity index (χ3v) is 5.35. The molecule has 1 amide bonds. The molecule has 1 unspecified atom stereocenters. The topological polar surface area (TPSA) is 44.9 Å². The van der Waals surface area contributed by atoms with Crippen molar-refractivity contribution < 1.29 is 4.79 Å². The normalized spacial score (nSPS) is 16.8. The Morgan fingerprint density at radius 3 is 2.79 bits per heavy atom. The molecule has 0 spiro atoms. The van der Waals surface area contributed by atoms with E-state index >= 15 is 0 Å². The van der Waals surface area contributed by atoms with Gasteiger partial charge in [-0.3, -0.25) is 4.79 Å². The average Bonchev–Trinajstić information content (AvgIpc) is 2.95. The van der Waals surface area contributed by atoms with E-state index in [0.29, 0.717) is 15.6 Å². The number of halogens is 2. The van der Waals surface area contributed by atoms with Gasteiger partial charge >= 0.3 is 0 Å². The Kier molecular flexibility index (Phi) is 3.99. The number of aryl methyl sites for hydroxylation is 1. The molecule has 4 rings (SSSR count). The summed E-state index contributed by atoms with van der Waals surface area (Å²) in [5.41, 5.74) is 4.31. The predicted octanol–water partition coefficient (Wildman–Crippen LogP) is 4.76. The fourth-order valence-corrected chi connectivity index (χ4v) is 3.70. The number of aromatic nitrogens is 1. The number of H-pyrrole nitrogens is 1. The SMILES string of the molecule is O=C(NC1CCc2[nH]c3ccccc3c2C1)c1ccc(Cl)c(Cl)c1. The van der Waals surface area contributed by atoms with E-state index in [1.807, 2.05) is 12.1 Å². The molecule has 0 bridgehead atoms. The molecule has 2 aromatic carbocycles. The van der Waals surface area contributed by atoms with Crippen LogP contribution in [0.5, 0.6) is 0 Å². The molecule has 0 aliphatic heterocycles. The molecule has 1 aliphatic carbocycles. The molecule has 0 radical (unpaired) electrons. The van der Waals surface area contributed by atoms with Gasteiger partial charge in [0.15, 0.2) is 0 Å². The smallest absolute Gasteiger partial charge is 0.251 e. The Labute approximate surface area is 150 Å². The number of hydrogen-bond donors (Lipinski definition) is 2. The standard InChI is InChI=1S/C19H16Cl2N2O/c20-15-7-5-11(9-16(15)21)19(24)22-12-6-8-18-14(10-12)13-3-1-2-4-17(13)23-18/h1-5,7,9,12,23H,6,8,10H2,(H,22,24). The van der Waals surface area contributed by atoms with Crippen molar-refractivity contribution in [2.75, 3.05) is 0 Å². The van der Waals surface area contributed by atoms with Crippen molar-refractivity contribution in [3.8, 4) is 0 Å². The zero-order valence-electron chi connectivity index (χ0n) is 12.9. The molecule has 1 aliphatic rings. The Balaban J connectivity index is 1.54. The summed E-state index contributed by atoms with van der Waals surface area (Å²) < 4.78 is 0. The van der Waals surface area contributed by atoms with Crippen LogP contribution < -0.4 is 5.32 Å². The highest BCUT2D eigenvalue weighted by molar-refractivity contribution is 6.42. The highest BCUT2D eigenvalue weighted by Crippen LogP contribution is 2.29. The monoisotopic (exact) mass is 358 g/mol. The Bertz CT molecular complexity index is 932. The molecule has 24 heavy (non-hydrogen) atoms. The Hall–Kier alpha value is -1.97. The second kappa shape index (κ2) is 6.15. The minimum Gasteiger partial charge on any atom is -0.358 e. The van der Waals surface area contributed by atoms with Gasteiger partial charge in [0.2, 0.25) is 0 Å². The molecule has 2 N–H and O–H groups in total. The van der Waals surface area contributed by atoms with Crippen LogP contribution in [0.3, 0.4) is 0 Å². The highest BCUT2D eigenvalue weighted by Gasteiger charge is 2.24. The lowest BCUT2D eigenvalue weighted by Gasteiger charge is -2.23. The first-order valence-corrected chi connectivity index (χ1v) is 8.72. The largest absolute Gasteiger partial charge is 0.358 e. The maximum Gasteiger partial charge on any atom is 0.251 e. The number of para-hydroxylation sites is 1. The predicted molar refractivity (Wildman–Crippen MR) is 98.0 cm³/mol. The molecule has 122 valence electrons. The Morgan fingerprint density at radius 2 is 1.96 bits per heavy atom. The van der Waals surface area contributed by atoms with Crippen molar-refractivity contribution in [3.63, 3.8) is 0 Å². The van der Waals surface area contributed by atoms with Crippen LogP contribution in [-0.4, -0.2) is 16.9 Å². The summed E-state index contributed by atoms with van der Waals surface area (Å²) in [6, 6.07) is 13.4. The number of carbonyl (C=O) groups is 1. The van der Waals surface area contributed by atoms with Crippen molar-refractivity contribution in [1.82, 2.24) is 10.3 Å². The van der Waals surface area contributed by atoms with Crippen LogP contribution in [-0.2, 0) is 12.8 Å². The lowest BCUT2D eigenvalue weighted by molar-refractivity contribution is 0.0933. The van der Waals surface area contributed by atoms with Crippen LogP contribution in [0.15, 0.2) is 42.5 Å². The highest BCUT2D eigenvalue weighted by atomic mass is 35.5. The molecule has 1 atom stereocenters. The summed E-state index contributed by atoms with van der Waals surface area (Å²) in [4.78, 5) is 16.0. The first-order valence-electron chi connectivity index (χ1n) is 7.96. The van der Waals surface area contributed by atoms with Crippen molar-refractivity contribution in [1.29, 1.82) is 0 Å². The molecule has 5 heteroatoms. The summed E-state index contributed by atoms with van der Waals surface area (Å²) in [6.07, 6.45) is 2.70. The van der Waals surface area contributed by atoms with Crippen LogP contribution >= 0.6 is 23.2 Å². The molecule has 3 aromatic rings. The van der Waals surface area contributed by atoms with E-state index < -0.39 is 0 Å². The average molecular weight is 359 g/mol. The quantitative estimate of drug-likeness (QED) is 0.681. The minimum absolute atomic E-state index is 0.109. The van der Waals surface area contributed by atoms with E-state index in [-0.39, 0.29) is 11.9 Å². The van der Waals surface area contributed by atoms with E-state index in [2.05, 4.69) is 22.4 Å². The first kappa shape index (κ1) is 15.6. The van der Waals surface area contributed by atoms with Gasteiger partial charge in [0, 0.05) is 28.2 Å². The van der Waals surface area contributed by atoms with E-state index in [4.69, 9.17) is 23.2 Å². The number of fused-ring (bicyclic) bond motifs is 3. The molecular formula is C19H16Cl2N2O. The van der Waals surface area contributed by atoms with E-state index in [1.165, 1.54) is 22.2 Å². The number of hydrogen-bond acceptors (Lipinski definition) is 1. The molecular weight excluding hydrogens is 343 g/mol. The van der Waals surface area contributed by atoms with Crippen molar-refractivity contribution >= 4 is 40.0 Å². The zero-order valence-corrected chi connectivity index (χ0v) is 14.4. The number of carbonyl (C=O) groups excluding carboxylic acids is 1. The van der Waals surface area contributed by atoms with Gasteiger partial charge in [-0.2, -0.15) is 0 Å². The van der Waals surface area contributed by atoms with Gasteiger partial charge in [-0.15, -0.1) is 0 Å². The summed E-state index contributed by atoms with van der Waals surface area (Å²) >= 11 is 11.9. The number of amides is 1. The van der Waals surface area contributed by atoms with E-state index in [9.17, 15) is 4.79 Å². The maximum atomic E-state index is 12.5. The van der Waals surface area contributed by atoms with E-state index in [1.54, 1.807) is 18.2 Å². The van der Waals surface area contributed by atoms with Crippen molar-refractivity contribution in [2.45, 2.75) is 25.3 Å². The molecule has 0 fully saturated rings. The van der Waals surface area contributed by atoms with Gasteiger partial charge in [-0.25, -0.2) is 0 Å². The van der Waals surface area contributed by atoms with Gasteiger partial charge in [-0.05, 0) is 49.1 Å². The summed E-state index contributed by atoms with van der Waals surface area (Å²) in [6.45, 7) is 0. The molecule has 1 aromatic heterocycles. The fraction of sp³-hybridized carbons (Fsp3) is 0.211. The maximum absolute atomic E-state index is 12.5. The summed E-state index contributed by atoms with van der Waals surface area (Å²) in [7, 11) is 0. The van der Waals surface area contributed by atoms with Gasteiger partial charge in [0.25, 0.3) is 5.91 Å². The number of aromatic amines is 1. The number of rotatable bonds is 2. The van der Waals surface area contributed by atoms with Crippen molar-refractivity contribution in [2.24, 2.45) is 0 Å². The summed E-state index contributed by atoms with van der Waals surface area (Å²) in [5.74, 6) is -0.109. The second-order valence-corrected chi connectivity index (χ2v) is 6.98. The van der Waals surface area contributed by atoms with Crippen LogP contribution in [0.4, 0.5) is 0 Å². The number of benzene rings is 2. The molecule has 1 heterocycles. The molecule has 0 saturated carbocycles. The minimum atomic E-state index is -0.109. The Morgan fingerprint density at radius 1 is 1.12 bits per heavy atom. The lowest BCUT2D eigenvalue weighted by atomic mass is 9.91. The first-order chi connectivity index (χ1) is 11.6. The van der Waals surface area contributed by atoms with Crippen LogP contribution in [0.25, 0.3) is 10.9 Å². The zero-order chi connectivity index (χ0) is 16.7. The van der Waals surface area contributed by atoms with Crippen LogP contribution in [0.2, 0.25) is 10.0 Å². The third-order valence-electron chi connectivity index (χ3n) is 4.61. The summed E-state index contributed by atoms with van der Waals surface area (Å²) in [5, 5.41) is 5.22. The third kappa shape index (κ3) is 2.79. The van der Waals surface area contributed by atoms with Gasteiger partial charge in [-0.1, -0.05) is 41.4 Å². The van der Waals surface area contributed by atoms with Gasteiger partial charge in [0.05, 0.1) is 10.0 Å². The van der Waals surface area contributed by atoms with Crippen molar-refractivity contribution in [3.05, 3.63) is 69.3 Å². The van der Waals surface area contributed by atoms with Crippen LogP contribution in [0, 0.1) is 0 Å². The number of nitrogens with one attached hydrogen (secondary N) is 2. The molecule has 0 saturated heterocycles. The van der Waals surface area contributed by atoms with E-state index in [0.717, 1.165) is 19.3 Å². The van der Waals surface area contributed by atoms with Gasteiger partial charge in [0.1, 0.15) is 0 Å². The molecule has 3 nitrogen and oxygen atoms in total. The van der Waals surface area contributed by atoms with Crippen LogP contribution in [0.1, 0.15) is 28.0 Å². The fourth-order valence-electron chi connectivity index (χ4n) is 3.40. The second-order valence-electron chi connectivity index (χ2n) is 6.17. The lowest BCUT2D eigenvalue weighted by Crippen LogP contribution is -2.38. The van der Waals surface area contributed by atoms with Gasteiger partial charge < -0.3 is 10.3 Å².